The molecule has 1 fully saturated rings. The van der Waals surface area contributed by atoms with Crippen LogP contribution < -0.4 is 10.1 Å². The average molecular weight is 396 g/mol. The van der Waals surface area contributed by atoms with Crippen LogP contribution in [0.1, 0.15) is 23.3 Å². The molecule has 0 atom stereocenters. The monoisotopic (exact) mass is 395 g/mol. The molecule has 2 heterocycles. The Balaban J connectivity index is 1.23. The fraction of sp³-hybridized carbons (Fsp3) is 0.318. The summed E-state index contributed by atoms with van der Waals surface area (Å²) in [6.07, 6.45) is 2.19. The number of nitrogens with one attached hydrogen (secondary N) is 2. The second-order valence-electron chi connectivity index (χ2n) is 7.12. The molecule has 4 rings (SSSR count). The third-order valence-electron chi connectivity index (χ3n) is 5.19. The molecule has 3 aromatic rings. The number of aromatic nitrogens is 1. The highest BCUT2D eigenvalue weighted by Crippen LogP contribution is 2.29. The summed E-state index contributed by atoms with van der Waals surface area (Å²) in [5, 5.41) is 4.16. The molecule has 1 saturated heterocycles. The molecule has 6 heteroatoms. The number of piperidine rings is 1. The molecule has 0 radical (unpaired) electrons. The SMILES string of the molecule is COc1ccc(SN2CCC(CNC(=O)c3cc4ccccc4[nH]3)CC2)cc1. The van der Waals surface area contributed by atoms with E-state index in [9.17, 15) is 4.79 Å². The van der Waals surface area contributed by atoms with Crippen LogP contribution in [0.3, 0.4) is 0 Å². The van der Waals surface area contributed by atoms with Crippen molar-refractivity contribution in [2.45, 2.75) is 17.7 Å². The zero-order chi connectivity index (χ0) is 19.3. The molecule has 1 aromatic heterocycles. The first-order valence-corrected chi connectivity index (χ1v) is 10.4. The van der Waals surface area contributed by atoms with Crippen molar-refractivity contribution in [3.8, 4) is 5.75 Å². The van der Waals surface area contributed by atoms with Gasteiger partial charge in [0.15, 0.2) is 0 Å². The third-order valence-corrected chi connectivity index (χ3v) is 6.30. The van der Waals surface area contributed by atoms with E-state index in [4.69, 9.17) is 4.74 Å². The molecule has 0 aliphatic carbocycles. The van der Waals surface area contributed by atoms with Crippen molar-refractivity contribution in [1.29, 1.82) is 0 Å². The predicted molar refractivity (Wildman–Crippen MR) is 114 cm³/mol. The number of aromatic amines is 1. The van der Waals surface area contributed by atoms with Crippen LogP contribution in [0.4, 0.5) is 0 Å². The molecule has 28 heavy (non-hydrogen) atoms. The minimum Gasteiger partial charge on any atom is -0.497 e. The van der Waals surface area contributed by atoms with E-state index < -0.39 is 0 Å². The number of benzene rings is 2. The average Bonchev–Trinajstić information content (AvgIpc) is 3.18. The van der Waals surface area contributed by atoms with Gasteiger partial charge in [-0.1, -0.05) is 18.2 Å². The fourth-order valence-corrected chi connectivity index (χ4v) is 4.47. The molecule has 0 saturated carbocycles. The molecule has 1 amide bonds. The normalized spacial score (nSPS) is 15.6. The number of para-hydroxylation sites is 1. The lowest BCUT2D eigenvalue weighted by Crippen LogP contribution is -2.36. The smallest absolute Gasteiger partial charge is 0.267 e. The van der Waals surface area contributed by atoms with Crippen molar-refractivity contribution in [2.24, 2.45) is 5.92 Å². The van der Waals surface area contributed by atoms with Gasteiger partial charge in [0.1, 0.15) is 11.4 Å². The van der Waals surface area contributed by atoms with Gasteiger partial charge in [-0.05, 0) is 67.1 Å². The van der Waals surface area contributed by atoms with E-state index >= 15 is 0 Å². The minimum atomic E-state index is -0.0220. The molecular weight excluding hydrogens is 370 g/mol. The number of H-pyrrole nitrogens is 1. The molecular formula is C22H25N3O2S. The van der Waals surface area contributed by atoms with Crippen LogP contribution in [0.5, 0.6) is 5.75 Å². The van der Waals surface area contributed by atoms with Crippen molar-refractivity contribution in [2.75, 3.05) is 26.7 Å². The molecule has 0 bridgehead atoms. The van der Waals surface area contributed by atoms with Crippen LogP contribution in [0.2, 0.25) is 0 Å². The topological polar surface area (TPSA) is 57.4 Å². The summed E-state index contributed by atoms with van der Waals surface area (Å²) in [6, 6.07) is 18.0. The van der Waals surface area contributed by atoms with Crippen molar-refractivity contribution in [3.05, 3.63) is 60.3 Å². The molecule has 1 aliphatic rings. The van der Waals surface area contributed by atoms with Gasteiger partial charge >= 0.3 is 0 Å². The maximum atomic E-state index is 12.4. The lowest BCUT2D eigenvalue weighted by Gasteiger charge is -2.31. The quantitative estimate of drug-likeness (QED) is 0.610. The van der Waals surface area contributed by atoms with Gasteiger partial charge < -0.3 is 15.0 Å². The van der Waals surface area contributed by atoms with Crippen molar-refractivity contribution >= 4 is 28.8 Å². The molecule has 2 N–H and O–H groups in total. The molecule has 1 aliphatic heterocycles. The van der Waals surface area contributed by atoms with Gasteiger partial charge in [0.2, 0.25) is 0 Å². The maximum absolute atomic E-state index is 12.4. The van der Waals surface area contributed by atoms with Gasteiger partial charge in [0.05, 0.1) is 7.11 Å². The van der Waals surface area contributed by atoms with Gasteiger partial charge in [-0.2, -0.15) is 0 Å². The van der Waals surface area contributed by atoms with Crippen molar-refractivity contribution in [1.82, 2.24) is 14.6 Å². The lowest BCUT2D eigenvalue weighted by atomic mass is 9.98. The second-order valence-corrected chi connectivity index (χ2v) is 8.29. The van der Waals surface area contributed by atoms with E-state index in [1.807, 2.05) is 42.5 Å². The summed E-state index contributed by atoms with van der Waals surface area (Å²) < 4.78 is 7.61. The van der Waals surface area contributed by atoms with Crippen LogP contribution >= 0.6 is 11.9 Å². The standard InChI is InChI=1S/C22H25N3O2S/c1-27-18-6-8-19(9-7-18)28-25-12-10-16(11-13-25)15-23-22(26)21-14-17-4-2-3-5-20(17)24-21/h2-9,14,16,24H,10-13,15H2,1H3,(H,23,26). The first-order chi connectivity index (χ1) is 13.7. The number of fused-ring (bicyclic) bond motifs is 1. The van der Waals surface area contributed by atoms with Crippen LogP contribution in [-0.2, 0) is 0 Å². The van der Waals surface area contributed by atoms with Crippen molar-refractivity contribution < 1.29 is 9.53 Å². The van der Waals surface area contributed by atoms with E-state index in [1.165, 1.54) is 4.90 Å². The number of carbonyl (C=O) groups excluding carboxylic acids is 1. The first kappa shape index (κ1) is 18.9. The van der Waals surface area contributed by atoms with Crippen LogP contribution in [0, 0.1) is 5.92 Å². The Kier molecular flexibility index (Phi) is 5.88. The Labute approximate surface area is 169 Å². The lowest BCUT2D eigenvalue weighted by molar-refractivity contribution is 0.0938. The van der Waals surface area contributed by atoms with E-state index in [0.717, 1.165) is 49.1 Å². The van der Waals surface area contributed by atoms with E-state index in [0.29, 0.717) is 11.6 Å². The Bertz CT molecular complexity index is 897. The highest BCUT2D eigenvalue weighted by molar-refractivity contribution is 7.97. The number of nitrogens with zero attached hydrogens (tertiary/aromatic N) is 1. The van der Waals surface area contributed by atoms with Gasteiger partial charge in [-0.25, -0.2) is 4.31 Å². The van der Waals surface area contributed by atoms with Crippen LogP contribution in [-0.4, -0.2) is 41.9 Å². The third kappa shape index (κ3) is 4.51. The number of carbonyl (C=O) groups is 1. The minimum absolute atomic E-state index is 0.0220. The first-order valence-electron chi connectivity index (χ1n) is 9.64. The summed E-state index contributed by atoms with van der Waals surface area (Å²) in [6.45, 7) is 2.79. The van der Waals surface area contributed by atoms with E-state index in [1.54, 1.807) is 19.1 Å². The fourth-order valence-electron chi connectivity index (χ4n) is 3.52. The maximum Gasteiger partial charge on any atom is 0.267 e. The number of hydrogen-bond acceptors (Lipinski definition) is 4. The van der Waals surface area contributed by atoms with Gasteiger partial charge in [-0.3, -0.25) is 4.79 Å². The molecule has 5 nitrogen and oxygen atoms in total. The summed E-state index contributed by atoms with van der Waals surface area (Å²) in [5.41, 5.74) is 1.63. The summed E-state index contributed by atoms with van der Waals surface area (Å²) in [4.78, 5) is 16.9. The van der Waals surface area contributed by atoms with E-state index in [-0.39, 0.29) is 5.91 Å². The van der Waals surface area contributed by atoms with Crippen LogP contribution in [0.25, 0.3) is 10.9 Å². The van der Waals surface area contributed by atoms with Crippen molar-refractivity contribution in [3.63, 3.8) is 0 Å². The second kappa shape index (κ2) is 8.71. The highest BCUT2D eigenvalue weighted by Gasteiger charge is 2.21. The number of amides is 1. The van der Waals surface area contributed by atoms with Gasteiger partial charge in [0, 0.05) is 35.4 Å². The number of ether oxygens (including phenoxy) is 1. The molecule has 0 spiro atoms. The Morgan fingerprint density at radius 2 is 1.93 bits per heavy atom. The summed E-state index contributed by atoms with van der Waals surface area (Å²) in [5.74, 6) is 1.39. The van der Waals surface area contributed by atoms with E-state index in [2.05, 4.69) is 26.7 Å². The number of methoxy groups -OCH3 is 1. The zero-order valence-corrected chi connectivity index (χ0v) is 16.8. The number of rotatable bonds is 6. The Morgan fingerprint density at radius 3 is 2.64 bits per heavy atom. The predicted octanol–water partition coefficient (Wildman–Crippen LogP) is 4.33. The number of hydrogen-bond donors (Lipinski definition) is 2. The zero-order valence-electron chi connectivity index (χ0n) is 16.0. The van der Waals surface area contributed by atoms with Crippen LogP contribution in [0.15, 0.2) is 59.5 Å². The molecule has 2 aromatic carbocycles. The summed E-state index contributed by atoms with van der Waals surface area (Å²) in [7, 11) is 1.68. The molecule has 0 unspecified atom stereocenters. The Hall–Kier alpha value is -2.44. The van der Waals surface area contributed by atoms with Gasteiger partial charge in [0.25, 0.3) is 5.91 Å². The Morgan fingerprint density at radius 1 is 1.18 bits per heavy atom. The van der Waals surface area contributed by atoms with Gasteiger partial charge in [-0.15, -0.1) is 0 Å². The summed E-state index contributed by atoms with van der Waals surface area (Å²) >= 11 is 1.79. The molecule has 146 valence electrons. The highest BCUT2D eigenvalue weighted by atomic mass is 32.2. The largest absolute Gasteiger partial charge is 0.497 e.